The average Bonchev–Trinajstić information content (AvgIpc) is 2.54. The van der Waals surface area contributed by atoms with Gasteiger partial charge >= 0.3 is 0 Å². The molecule has 0 saturated carbocycles. The van der Waals surface area contributed by atoms with E-state index < -0.39 is 0 Å². The molecule has 1 aromatic rings. The lowest BCUT2D eigenvalue weighted by atomic mass is 10.0. The van der Waals surface area contributed by atoms with Crippen molar-refractivity contribution in [3.05, 3.63) is 12.3 Å². The first kappa shape index (κ1) is 16.0. The molecule has 0 spiro atoms. The summed E-state index contributed by atoms with van der Waals surface area (Å²) in [6.45, 7) is 8.08. The summed E-state index contributed by atoms with van der Waals surface area (Å²) in [6.07, 6.45) is 7.73. The lowest BCUT2D eigenvalue weighted by Crippen LogP contribution is -2.44. The number of nitrogens with one attached hydrogen (secondary N) is 1. The Bertz CT molecular complexity index is 407. The molecule has 0 bridgehead atoms. The van der Waals surface area contributed by atoms with Gasteiger partial charge in [0.05, 0.1) is 6.61 Å². The van der Waals surface area contributed by atoms with Crippen LogP contribution in [0, 0.1) is 0 Å². The molecule has 1 aliphatic heterocycles. The van der Waals surface area contributed by atoms with Gasteiger partial charge < -0.3 is 15.0 Å². The summed E-state index contributed by atoms with van der Waals surface area (Å²) in [5.41, 5.74) is 0. The molecule has 1 saturated heterocycles. The number of ether oxygens (including phenoxy) is 1. The lowest BCUT2D eigenvalue weighted by molar-refractivity contribution is 0.304. The monoisotopic (exact) mass is 292 g/mol. The number of aromatic nitrogens is 2. The minimum Gasteiger partial charge on any atom is -0.478 e. The largest absolute Gasteiger partial charge is 0.478 e. The maximum Gasteiger partial charge on any atom is 0.228 e. The van der Waals surface area contributed by atoms with Crippen LogP contribution in [0.3, 0.4) is 0 Å². The Morgan fingerprint density at radius 2 is 2.24 bits per heavy atom. The number of rotatable bonds is 8. The second-order valence-electron chi connectivity index (χ2n) is 5.64. The molecule has 0 aliphatic carbocycles. The summed E-state index contributed by atoms with van der Waals surface area (Å²) in [6, 6.07) is 2.39. The topological polar surface area (TPSA) is 50.3 Å². The van der Waals surface area contributed by atoms with Crippen LogP contribution in [-0.2, 0) is 0 Å². The molecule has 1 N–H and O–H groups in total. The van der Waals surface area contributed by atoms with Crippen LogP contribution in [0.25, 0.3) is 0 Å². The van der Waals surface area contributed by atoms with Gasteiger partial charge in [0.15, 0.2) is 0 Å². The molecule has 1 aromatic heterocycles. The van der Waals surface area contributed by atoms with E-state index in [0.29, 0.717) is 18.5 Å². The van der Waals surface area contributed by atoms with E-state index in [9.17, 15) is 0 Å². The van der Waals surface area contributed by atoms with E-state index in [1.807, 2.05) is 6.07 Å². The number of anilines is 1. The van der Waals surface area contributed by atoms with Crippen molar-refractivity contribution in [1.82, 2.24) is 15.3 Å². The number of nitrogens with zero attached hydrogens (tertiary/aromatic N) is 3. The molecule has 1 fully saturated rings. The SMILES string of the molecule is CCCOc1ccnc(N(CCC)CC2CCCCN2)n1. The minimum atomic E-state index is 0.550. The van der Waals surface area contributed by atoms with Crippen LogP contribution in [0.15, 0.2) is 12.3 Å². The Morgan fingerprint density at radius 3 is 2.95 bits per heavy atom. The fraction of sp³-hybridized carbons (Fsp3) is 0.750. The maximum atomic E-state index is 5.62. The zero-order valence-corrected chi connectivity index (χ0v) is 13.3. The van der Waals surface area contributed by atoms with Gasteiger partial charge in [-0.15, -0.1) is 0 Å². The van der Waals surface area contributed by atoms with Crippen molar-refractivity contribution in [3.63, 3.8) is 0 Å². The fourth-order valence-electron chi connectivity index (χ4n) is 2.66. The molecule has 1 unspecified atom stereocenters. The van der Waals surface area contributed by atoms with Crippen molar-refractivity contribution >= 4 is 5.95 Å². The summed E-state index contributed by atoms with van der Waals surface area (Å²) in [7, 11) is 0. The standard InChI is InChI=1S/C16H28N4O/c1-3-11-20(13-14-7-5-6-9-17-14)16-18-10-8-15(19-16)21-12-4-2/h8,10,14,17H,3-7,9,11-13H2,1-2H3. The van der Waals surface area contributed by atoms with Crippen molar-refractivity contribution in [2.45, 2.75) is 52.0 Å². The Labute approximate surface area is 128 Å². The molecule has 0 aromatic carbocycles. The molecule has 118 valence electrons. The summed E-state index contributed by atoms with van der Waals surface area (Å²) in [5, 5.41) is 3.60. The van der Waals surface area contributed by atoms with Gasteiger partial charge in [-0.2, -0.15) is 4.98 Å². The van der Waals surface area contributed by atoms with Gasteiger partial charge in [0.1, 0.15) is 0 Å². The zero-order valence-electron chi connectivity index (χ0n) is 13.3. The van der Waals surface area contributed by atoms with Crippen molar-refractivity contribution in [2.24, 2.45) is 0 Å². The van der Waals surface area contributed by atoms with Gasteiger partial charge in [0.25, 0.3) is 0 Å². The first-order valence-corrected chi connectivity index (χ1v) is 8.27. The predicted molar refractivity (Wildman–Crippen MR) is 86.0 cm³/mol. The van der Waals surface area contributed by atoms with Gasteiger partial charge in [-0.1, -0.05) is 20.3 Å². The van der Waals surface area contributed by atoms with Crippen LogP contribution in [0.4, 0.5) is 5.95 Å². The fourth-order valence-corrected chi connectivity index (χ4v) is 2.66. The van der Waals surface area contributed by atoms with E-state index in [4.69, 9.17) is 4.74 Å². The highest BCUT2D eigenvalue weighted by Gasteiger charge is 2.18. The van der Waals surface area contributed by atoms with Gasteiger partial charge in [-0.3, -0.25) is 0 Å². The number of hydrogen-bond donors (Lipinski definition) is 1. The maximum absolute atomic E-state index is 5.62. The second-order valence-corrected chi connectivity index (χ2v) is 5.64. The second kappa shape index (κ2) is 8.82. The van der Waals surface area contributed by atoms with Gasteiger partial charge in [-0.05, 0) is 32.2 Å². The van der Waals surface area contributed by atoms with E-state index >= 15 is 0 Å². The minimum absolute atomic E-state index is 0.550. The molecule has 0 amide bonds. The van der Waals surface area contributed by atoms with E-state index in [2.05, 4.69) is 34.0 Å². The molecule has 1 atom stereocenters. The summed E-state index contributed by atoms with van der Waals surface area (Å²) < 4.78 is 5.62. The zero-order chi connectivity index (χ0) is 14.9. The third-order valence-electron chi connectivity index (χ3n) is 3.70. The van der Waals surface area contributed by atoms with E-state index in [-0.39, 0.29) is 0 Å². The molecular weight excluding hydrogens is 264 g/mol. The normalized spacial score (nSPS) is 18.5. The Morgan fingerprint density at radius 1 is 1.33 bits per heavy atom. The Balaban J connectivity index is 2.01. The third-order valence-corrected chi connectivity index (χ3v) is 3.70. The molecule has 5 nitrogen and oxygen atoms in total. The summed E-state index contributed by atoms with van der Waals surface area (Å²) in [5.74, 6) is 1.47. The summed E-state index contributed by atoms with van der Waals surface area (Å²) >= 11 is 0. The van der Waals surface area contributed by atoms with Crippen LogP contribution >= 0.6 is 0 Å². The molecule has 5 heteroatoms. The molecular formula is C16H28N4O. The Hall–Kier alpha value is -1.36. The van der Waals surface area contributed by atoms with Crippen molar-refractivity contribution in [1.29, 1.82) is 0 Å². The molecule has 21 heavy (non-hydrogen) atoms. The van der Waals surface area contributed by atoms with Crippen LogP contribution < -0.4 is 15.0 Å². The van der Waals surface area contributed by atoms with Gasteiger partial charge in [0, 0.05) is 31.4 Å². The van der Waals surface area contributed by atoms with Gasteiger partial charge in [0.2, 0.25) is 11.8 Å². The molecule has 1 aliphatic rings. The number of hydrogen-bond acceptors (Lipinski definition) is 5. The summed E-state index contributed by atoms with van der Waals surface area (Å²) in [4.78, 5) is 11.3. The van der Waals surface area contributed by atoms with Crippen molar-refractivity contribution in [3.8, 4) is 5.88 Å². The van der Waals surface area contributed by atoms with Crippen LogP contribution in [0.5, 0.6) is 5.88 Å². The highest BCUT2D eigenvalue weighted by Crippen LogP contribution is 2.16. The molecule has 0 radical (unpaired) electrons. The average molecular weight is 292 g/mol. The van der Waals surface area contributed by atoms with E-state index in [1.165, 1.54) is 19.3 Å². The smallest absolute Gasteiger partial charge is 0.228 e. The predicted octanol–water partition coefficient (Wildman–Crippen LogP) is 2.62. The molecule has 2 rings (SSSR count). The van der Waals surface area contributed by atoms with Crippen LogP contribution in [-0.4, -0.2) is 42.3 Å². The highest BCUT2D eigenvalue weighted by atomic mass is 16.5. The first-order valence-electron chi connectivity index (χ1n) is 8.27. The van der Waals surface area contributed by atoms with E-state index in [0.717, 1.165) is 38.4 Å². The number of piperidine rings is 1. The van der Waals surface area contributed by atoms with Crippen LogP contribution in [0.1, 0.15) is 46.0 Å². The third kappa shape index (κ3) is 5.16. The Kier molecular flexibility index (Phi) is 6.73. The lowest BCUT2D eigenvalue weighted by Gasteiger charge is -2.30. The first-order chi connectivity index (χ1) is 10.3. The van der Waals surface area contributed by atoms with E-state index in [1.54, 1.807) is 6.20 Å². The van der Waals surface area contributed by atoms with Crippen molar-refractivity contribution < 1.29 is 4.74 Å². The quantitative estimate of drug-likeness (QED) is 0.798. The molecule has 2 heterocycles. The van der Waals surface area contributed by atoms with Gasteiger partial charge in [-0.25, -0.2) is 4.98 Å². The van der Waals surface area contributed by atoms with Crippen molar-refractivity contribution in [2.75, 3.05) is 31.1 Å². The highest BCUT2D eigenvalue weighted by molar-refractivity contribution is 5.32. The van der Waals surface area contributed by atoms with Crippen LogP contribution in [0.2, 0.25) is 0 Å².